The van der Waals surface area contributed by atoms with E-state index in [0.717, 1.165) is 23.1 Å². The molecule has 0 aliphatic heterocycles. The smallest absolute Gasteiger partial charge is 0.329 e. The molecule has 0 aliphatic carbocycles. The summed E-state index contributed by atoms with van der Waals surface area (Å²) < 4.78 is 43.6. The van der Waals surface area contributed by atoms with Crippen LogP contribution in [0.15, 0.2) is 82.2 Å². The number of halogens is 3. The second kappa shape index (κ2) is 7.98. The third kappa shape index (κ3) is 4.32. The lowest BCUT2D eigenvalue weighted by Crippen LogP contribution is -2.20. The van der Waals surface area contributed by atoms with Crippen LogP contribution in [0.1, 0.15) is 22.6 Å². The summed E-state index contributed by atoms with van der Waals surface area (Å²) in [5.41, 5.74) is 3.02. The number of alkyl halides is 3. The van der Waals surface area contributed by atoms with Crippen molar-refractivity contribution in [2.24, 2.45) is 0 Å². The molecule has 152 valence electrons. The Morgan fingerprint density at radius 3 is 2.30 bits per heavy atom. The predicted molar refractivity (Wildman–Crippen MR) is 104 cm³/mol. The van der Waals surface area contributed by atoms with Crippen molar-refractivity contribution in [3.63, 3.8) is 0 Å². The molecule has 0 atom stereocenters. The molecule has 4 aromatic rings. The summed E-state index contributed by atoms with van der Waals surface area (Å²) in [7, 11) is 0. The first kappa shape index (κ1) is 19.6. The fraction of sp³-hybridized carbons (Fsp3) is 0.136. The van der Waals surface area contributed by atoms with Gasteiger partial charge in [-0.15, -0.1) is 0 Å². The molecule has 0 aliphatic rings. The van der Waals surface area contributed by atoms with Crippen molar-refractivity contribution in [1.82, 2.24) is 14.7 Å². The summed E-state index contributed by atoms with van der Waals surface area (Å²) in [4.78, 5) is 15.9. The minimum atomic E-state index is -4.73. The van der Waals surface area contributed by atoms with Crippen LogP contribution in [0.3, 0.4) is 0 Å². The molecule has 0 radical (unpaired) electrons. The van der Waals surface area contributed by atoms with E-state index in [2.05, 4.69) is 14.7 Å². The van der Waals surface area contributed by atoms with Gasteiger partial charge in [-0.1, -0.05) is 59.8 Å². The van der Waals surface area contributed by atoms with E-state index in [1.807, 2.05) is 54.6 Å². The van der Waals surface area contributed by atoms with E-state index in [9.17, 15) is 18.0 Å². The van der Waals surface area contributed by atoms with Gasteiger partial charge in [-0.2, -0.15) is 18.2 Å². The second-order valence-corrected chi connectivity index (χ2v) is 6.73. The zero-order valence-corrected chi connectivity index (χ0v) is 15.6. The Bertz CT molecular complexity index is 1210. The number of hydrogen-bond donors (Lipinski definition) is 0. The molecule has 0 spiro atoms. The number of nitrogens with zero attached hydrogens (tertiary/aromatic N) is 3. The molecular weight excluding hydrogens is 395 g/mol. The van der Waals surface area contributed by atoms with Crippen LogP contribution in [0.5, 0.6) is 0 Å². The molecule has 0 saturated heterocycles. The van der Waals surface area contributed by atoms with Gasteiger partial charge in [-0.3, -0.25) is 4.79 Å². The maximum Gasteiger partial charge on any atom is 0.471 e. The van der Waals surface area contributed by atoms with Crippen LogP contribution in [0.4, 0.5) is 13.2 Å². The van der Waals surface area contributed by atoms with Crippen LogP contribution in [-0.4, -0.2) is 14.7 Å². The maximum atomic E-state index is 12.6. The van der Waals surface area contributed by atoms with Crippen LogP contribution in [0.25, 0.3) is 11.4 Å². The number of rotatable bonds is 5. The summed E-state index contributed by atoms with van der Waals surface area (Å²) in [6.45, 7) is 0.335. The van der Waals surface area contributed by atoms with E-state index in [1.165, 1.54) is 22.9 Å². The number of pyridine rings is 1. The third-order valence-corrected chi connectivity index (χ3v) is 4.62. The zero-order valence-electron chi connectivity index (χ0n) is 15.6. The lowest BCUT2D eigenvalue weighted by Gasteiger charge is -2.12. The van der Waals surface area contributed by atoms with Gasteiger partial charge < -0.3 is 9.09 Å². The van der Waals surface area contributed by atoms with Crippen molar-refractivity contribution in [2.45, 2.75) is 19.1 Å². The summed E-state index contributed by atoms with van der Waals surface area (Å²) in [5, 5.41) is 3.31. The molecule has 2 aromatic carbocycles. The van der Waals surface area contributed by atoms with Crippen LogP contribution in [-0.2, 0) is 19.1 Å². The Morgan fingerprint density at radius 2 is 1.63 bits per heavy atom. The number of hydrogen-bond acceptors (Lipinski definition) is 4. The average Bonchev–Trinajstić information content (AvgIpc) is 3.22. The molecule has 4 rings (SSSR count). The first-order valence-electron chi connectivity index (χ1n) is 9.12. The van der Waals surface area contributed by atoms with E-state index in [0.29, 0.717) is 6.54 Å². The van der Waals surface area contributed by atoms with Crippen LogP contribution in [0, 0.1) is 0 Å². The van der Waals surface area contributed by atoms with E-state index < -0.39 is 12.1 Å². The van der Waals surface area contributed by atoms with Gasteiger partial charge in [0, 0.05) is 17.8 Å². The SMILES string of the molecule is O=c1cc(-c2noc(C(F)(F)F)n2)ccn1Cc1ccccc1Cc1ccccc1. The van der Waals surface area contributed by atoms with Crippen LogP contribution < -0.4 is 5.56 Å². The normalized spacial score (nSPS) is 11.6. The van der Waals surface area contributed by atoms with Crippen molar-refractivity contribution in [3.8, 4) is 11.4 Å². The Hall–Kier alpha value is -3.68. The van der Waals surface area contributed by atoms with E-state index >= 15 is 0 Å². The lowest BCUT2D eigenvalue weighted by molar-refractivity contribution is -0.159. The maximum absolute atomic E-state index is 12.6. The highest BCUT2D eigenvalue weighted by Crippen LogP contribution is 2.29. The third-order valence-electron chi connectivity index (χ3n) is 4.62. The minimum Gasteiger partial charge on any atom is -0.329 e. The minimum absolute atomic E-state index is 0.160. The van der Waals surface area contributed by atoms with E-state index in [1.54, 1.807) is 0 Å². The Balaban J connectivity index is 1.58. The highest BCUT2D eigenvalue weighted by Gasteiger charge is 2.38. The molecule has 0 unspecified atom stereocenters. The molecule has 2 heterocycles. The van der Waals surface area contributed by atoms with E-state index in [-0.39, 0.29) is 16.9 Å². The van der Waals surface area contributed by atoms with E-state index in [4.69, 9.17) is 0 Å². The summed E-state index contributed by atoms with van der Waals surface area (Å²) in [5.74, 6) is -1.73. The van der Waals surface area contributed by atoms with Gasteiger partial charge in [-0.25, -0.2) is 0 Å². The first-order chi connectivity index (χ1) is 14.4. The molecule has 0 bridgehead atoms. The van der Waals surface area contributed by atoms with Crippen molar-refractivity contribution < 1.29 is 17.7 Å². The fourth-order valence-corrected chi connectivity index (χ4v) is 3.12. The molecule has 2 aromatic heterocycles. The van der Waals surface area contributed by atoms with Gasteiger partial charge in [0.25, 0.3) is 5.56 Å². The number of aromatic nitrogens is 3. The zero-order chi connectivity index (χ0) is 21.1. The Labute approximate surface area is 169 Å². The van der Waals surface area contributed by atoms with Gasteiger partial charge in [0.1, 0.15) is 0 Å². The van der Waals surface area contributed by atoms with Crippen LogP contribution in [0.2, 0.25) is 0 Å². The largest absolute Gasteiger partial charge is 0.471 e. The van der Waals surface area contributed by atoms with Crippen molar-refractivity contribution in [2.75, 3.05) is 0 Å². The quantitative estimate of drug-likeness (QED) is 0.483. The molecule has 0 amide bonds. The highest BCUT2D eigenvalue weighted by atomic mass is 19.4. The predicted octanol–water partition coefficient (Wildman–Crippen LogP) is 4.56. The molecule has 0 N–H and O–H groups in total. The standard InChI is InChI=1S/C22H16F3N3O2/c23-22(24,25)21-26-20(27-30-21)17-10-11-28(19(29)13-17)14-18-9-5-4-8-16(18)12-15-6-2-1-3-7-15/h1-11,13H,12,14H2. The average molecular weight is 411 g/mol. The summed E-state index contributed by atoms with van der Waals surface area (Å²) >= 11 is 0. The molecule has 0 fully saturated rings. The van der Waals surface area contributed by atoms with Crippen LogP contribution >= 0.6 is 0 Å². The Kier molecular flexibility index (Phi) is 5.22. The first-order valence-corrected chi connectivity index (χ1v) is 9.12. The van der Waals surface area contributed by atoms with Gasteiger partial charge in [0.05, 0.1) is 6.54 Å². The molecule has 8 heteroatoms. The molecule has 30 heavy (non-hydrogen) atoms. The van der Waals surface area contributed by atoms with Gasteiger partial charge in [0.15, 0.2) is 0 Å². The fourth-order valence-electron chi connectivity index (χ4n) is 3.12. The summed E-state index contributed by atoms with van der Waals surface area (Å²) in [6.07, 6.45) is -2.49. The second-order valence-electron chi connectivity index (χ2n) is 6.73. The Morgan fingerprint density at radius 1 is 0.933 bits per heavy atom. The van der Waals surface area contributed by atoms with Crippen molar-refractivity contribution in [3.05, 3.63) is 106 Å². The molecule has 0 saturated carbocycles. The lowest BCUT2D eigenvalue weighted by atomic mass is 9.99. The topological polar surface area (TPSA) is 60.9 Å². The van der Waals surface area contributed by atoms with Crippen molar-refractivity contribution >= 4 is 0 Å². The number of benzene rings is 2. The highest BCUT2D eigenvalue weighted by molar-refractivity contribution is 5.53. The van der Waals surface area contributed by atoms with Crippen molar-refractivity contribution in [1.29, 1.82) is 0 Å². The van der Waals surface area contributed by atoms with Gasteiger partial charge in [-0.05, 0) is 29.2 Å². The van der Waals surface area contributed by atoms with Gasteiger partial charge >= 0.3 is 12.1 Å². The molecule has 5 nitrogen and oxygen atoms in total. The van der Waals surface area contributed by atoms with Gasteiger partial charge in [0.2, 0.25) is 5.82 Å². The summed E-state index contributed by atoms with van der Waals surface area (Å²) in [6, 6.07) is 20.5. The molecular formula is C22H16F3N3O2. The monoisotopic (exact) mass is 411 g/mol.